The van der Waals surface area contributed by atoms with Crippen molar-refractivity contribution in [1.29, 1.82) is 0 Å². The molecular weight excluding hydrogens is 341 g/mol. The predicted octanol–water partition coefficient (Wildman–Crippen LogP) is 1.58. The van der Waals surface area contributed by atoms with Crippen LogP contribution in [-0.4, -0.2) is 42.7 Å². The minimum Gasteiger partial charge on any atom is -0.496 e. The van der Waals surface area contributed by atoms with E-state index in [1.165, 1.54) is 13.3 Å². The SMILES string of the molecule is CC[C@@H]1C(F)C(=O)N[C@@H]1COc1nccc2cc(C(N)=O)c(OC)cc12. The molecule has 3 atom stereocenters. The summed E-state index contributed by atoms with van der Waals surface area (Å²) >= 11 is 0. The van der Waals surface area contributed by atoms with E-state index in [2.05, 4.69) is 10.3 Å². The minimum absolute atomic E-state index is 0.0939. The van der Waals surface area contributed by atoms with Crippen LogP contribution in [0.3, 0.4) is 0 Å². The molecule has 7 nitrogen and oxygen atoms in total. The van der Waals surface area contributed by atoms with Crippen molar-refractivity contribution in [3.05, 3.63) is 30.0 Å². The molecule has 0 radical (unpaired) electrons. The average molecular weight is 361 g/mol. The van der Waals surface area contributed by atoms with E-state index < -0.39 is 29.9 Å². The van der Waals surface area contributed by atoms with E-state index in [0.29, 0.717) is 28.8 Å². The van der Waals surface area contributed by atoms with Gasteiger partial charge in [-0.1, -0.05) is 6.92 Å². The number of hydrogen-bond donors (Lipinski definition) is 2. The van der Waals surface area contributed by atoms with Gasteiger partial charge in [0.1, 0.15) is 12.4 Å². The number of fused-ring (bicyclic) bond motifs is 1. The van der Waals surface area contributed by atoms with Gasteiger partial charge in [0, 0.05) is 17.5 Å². The van der Waals surface area contributed by atoms with Gasteiger partial charge in [-0.15, -0.1) is 0 Å². The molecule has 2 aromatic rings. The van der Waals surface area contributed by atoms with Crippen molar-refractivity contribution in [2.45, 2.75) is 25.6 Å². The Balaban J connectivity index is 1.89. The molecule has 0 saturated carbocycles. The number of alkyl halides is 1. The van der Waals surface area contributed by atoms with Gasteiger partial charge in [0.25, 0.3) is 11.8 Å². The van der Waals surface area contributed by atoms with Gasteiger partial charge < -0.3 is 20.5 Å². The Morgan fingerprint density at radius 2 is 2.19 bits per heavy atom. The molecule has 8 heteroatoms. The predicted molar refractivity (Wildman–Crippen MR) is 92.9 cm³/mol. The van der Waals surface area contributed by atoms with E-state index in [9.17, 15) is 14.0 Å². The number of pyridine rings is 1. The first-order chi connectivity index (χ1) is 12.5. The lowest BCUT2D eigenvalue weighted by Gasteiger charge is -2.19. The van der Waals surface area contributed by atoms with Gasteiger partial charge in [0.05, 0.1) is 18.7 Å². The Morgan fingerprint density at radius 1 is 1.42 bits per heavy atom. The number of aromatic nitrogens is 1. The summed E-state index contributed by atoms with van der Waals surface area (Å²) in [5.41, 5.74) is 5.63. The molecule has 3 rings (SSSR count). The third-order valence-electron chi connectivity index (χ3n) is 4.66. The van der Waals surface area contributed by atoms with E-state index in [1.807, 2.05) is 6.92 Å². The molecule has 138 valence electrons. The lowest BCUT2D eigenvalue weighted by Crippen LogP contribution is -2.34. The van der Waals surface area contributed by atoms with Crippen LogP contribution < -0.4 is 20.5 Å². The monoisotopic (exact) mass is 361 g/mol. The number of nitrogens with zero attached hydrogens (tertiary/aromatic N) is 1. The third-order valence-corrected chi connectivity index (χ3v) is 4.66. The molecule has 26 heavy (non-hydrogen) atoms. The molecule has 2 amide bonds. The molecule has 1 unspecified atom stereocenters. The molecule has 2 heterocycles. The van der Waals surface area contributed by atoms with E-state index in [4.69, 9.17) is 15.2 Å². The van der Waals surface area contributed by atoms with Gasteiger partial charge in [-0.05, 0) is 30.0 Å². The number of carbonyl (C=O) groups is 2. The fourth-order valence-corrected chi connectivity index (χ4v) is 3.24. The number of hydrogen-bond acceptors (Lipinski definition) is 5. The number of nitrogens with two attached hydrogens (primary N) is 1. The molecule has 1 saturated heterocycles. The molecule has 0 aliphatic carbocycles. The highest BCUT2D eigenvalue weighted by Gasteiger charge is 2.41. The van der Waals surface area contributed by atoms with Crippen molar-refractivity contribution in [3.63, 3.8) is 0 Å². The van der Waals surface area contributed by atoms with Crippen molar-refractivity contribution >= 4 is 22.6 Å². The third kappa shape index (κ3) is 3.14. The van der Waals surface area contributed by atoms with E-state index >= 15 is 0 Å². The molecule has 3 N–H and O–H groups in total. The van der Waals surface area contributed by atoms with Gasteiger partial charge in [-0.25, -0.2) is 9.37 Å². The van der Waals surface area contributed by atoms with Gasteiger partial charge in [0.15, 0.2) is 6.17 Å². The number of benzene rings is 1. The molecule has 0 bridgehead atoms. The molecular formula is C18H20FN3O4. The van der Waals surface area contributed by atoms with Crippen molar-refractivity contribution in [2.75, 3.05) is 13.7 Å². The molecule has 1 aliphatic heterocycles. The zero-order chi connectivity index (χ0) is 18.8. The van der Waals surface area contributed by atoms with Crippen LogP contribution >= 0.6 is 0 Å². The molecule has 1 aliphatic rings. The molecule has 1 fully saturated rings. The first-order valence-electron chi connectivity index (χ1n) is 8.30. The van der Waals surface area contributed by atoms with Crippen LogP contribution in [0.25, 0.3) is 10.8 Å². The Morgan fingerprint density at radius 3 is 2.85 bits per heavy atom. The van der Waals surface area contributed by atoms with E-state index in [1.54, 1.807) is 18.2 Å². The first kappa shape index (κ1) is 17.9. The highest BCUT2D eigenvalue weighted by atomic mass is 19.1. The summed E-state index contributed by atoms with van der Waals surface area (Å²) in [6.45, 7) is 1.92. The Kier molecular flexibility index (Phi) is 4.92. The Labute approximate surface area is 149 Å². The highest BCUT2D eigenvalue weighted by molar-refractivity contribution is 6.01. The van der Waals surface area contributed by atoms with Gasteiger partial charge in [-0.2, -0.15) is 0 Å². The number of amides is 2. The summed E-state index contributed by atoms with van der Waals surface area (Å²) in [5.74, 6) is -1.02. The number of primary amides is 1. The lowest BCUT2D eigenvalue weighted by molar-refractivity contribution is -0.123. The fraction of sp³-hybridized carbons (Fsp3) is 0.389. The standard InChI is InChI=1S/C18H20FN3O4/c1-3-10-13(22-17(24)15(10)19)8-26-18-11-7-14(25-2)12(16(20)23)6-9(11)4-5-21-18/h4-7,10,13,15H,3,8H2,1-2H3,(H2,20,23)(H,22,24)/t10-,13+,15?/m0/s1. The summed E-state index contributed by atoms with van der Waals surface area (Å²) in [6, 6.07) is 4.53. The van der Waals surface area contributed by atoms with Crippen molar-refractivity contribution in [2.24, 2.45) is 11.7 Å². The number of ether oxygens (including phenoxy) is 2. The topological polar surface area (TPSA) is 104 Å². The molecule has 1 aromatic carbocycles. The second kappa shape index (κ2) is 7.15. The maximum Gasteiger partial charge on any atom is 0.255 e. The summed E-state index contributed by atoms with van der Waals surface area (Å²) in [4.78, 5) is 27.3. The number of halogens is 1. The van der Waals surface area contributed by atoms with Crippen LogP contribution in [0.5, 0.6) is 11.6 Å². The number of nitrogens with one attached hydrogen (secondary N) is 1. The second-order valence-electron chi connectivity index (χ2n) is 6.15. The van der Waals surface area contributed by atoms with E-state index in [0.717, 1.165) is 0 Å². The number of carbonyl (C=O) groups excluding carboxylic acids is 2. The lowest BCUT2D eigenvalue weighted by atomic mass is 9.97. The zero-order valence-electron chi connectivity index (χ0n) is 14.5. The fourth-order valence-electron chi connectivity index (χ4n) is 3.24. The van der Waals surface area contributed by atoms with Crippen molar-refractivity contribution < 1.29 is 23.5 Å². The molecule has 1 aromatic heterocycles. The second-order valence-corrected chi connectivity index (χ2v) is 6.15. The number of methoxy groups -OCH3 is 1. The van der Waals surface area contributed by atoms with Crippen LogP contribution in [0.2, 0.25) is 0 Å². The average Bonchev–Trinajstić information content (AvgIpc) is 2.91. The Hall–Kier alpha value is -2.90. The quantitative estimate of drug-likeness (QED) is 0.813. The summed E-state index contributed by atoms with van der Waals surface area (Å²) in [7, 11) is 1.44. The summed E-state index contributed by atoms with van der Waals surface area (Å²) in [6.07, 6.45) is 0.539. The van der Waals surface area contributed by atoms with E-state index in [-0.39, 0.29) is 12.2 Å². The van der Waals surface area contributed by atoms with Crippen LogP contribution in [0.15, 0.2) is 24.4 Å². The maximum absolute atomic E-state index is 13.9. The Bertz CT molecular complexity index is 858. The summed E-state index contributed by atoms with van der Waals surface area (Å²) in [5, 5.41) is 3.95. The first-order valence-corrected chi connectivity index (χ1v) is 8.30. The molecule has 0 spiro atoms. The maximum atomic E-state index is 13.9. The van der Waals surface area contributed by atoms with Crippen molar-refractivity contribution in [1.82, 2.24) is 10.3 Å². The minimum atomic E-state index is -1.52. The number of rotatable bonds is 6. The zero-order valence-corrected chi connectivity index (χ0v) is 14.5. The summed E-state index contributed by atoms with van der Waals surface area (Å²) < 4.78 is 24.9. The van der Waals surface area contributed by atoms with Gasteiger partial charge in [-0.3, -0.25) is 9.59 Å². The van der Waals surface area contributed by atoms with Gasteiger partial charge in [0.2, 0.25) is 5.88 Å². The van der Waals surface area contributed by atoms with Crippen LogP contribution in [0, 0.1) is 5.92 Å². The van der Waals surface area contributed by atoms with Gasteiger partial charge >= 0.3 is 0 Å². The normalized spacial score (nSPS) is 22.3. The van der Waals surface area contributed by atoms with Crippen molar-refractivity contribution in [3.8, 4) is 11.6 Å². The smallest absolute Gasteiger partial charge is 0.255 e. The highest BCUT2D eigenvalue weighted by Crippen LogP contribution is 2.31. The largest absolute Gasteiger partial charge is 0.496 e. The van der Waals surface area contributed by atoms with Crippen LogP contribution in [-0.2, 0) is 4.79 Å². The van der Waals surface area contributed by atoms with Crippen LogP contribution in [0.4, 0.5) is 4.39 Å². The van der Waals surface area contributed by atoms with Crippen LogP contribution in [0.1, 0.15) is 23.7 Å².